The van der Waals surface area contributed by atoms with Crippen molar-refractivity contribution < 1.29 is 40.1 Å². The van der Waals surface area contributed by atoms with Crippen molar-refractivity contribution in [2.24, 2.45) is 0 Å². The van der Waals surface area contributed by atoms with Gasteiger partial charge in [0, 0.05) is 6.20 Å². The van der Waals surface area contributed by atoms with Crippen LogP contribution in [0.25, 0.3) is 0 Å². The largest absolute Gasteiger partial charge is 0.394 e. The van der Waals surface area contributed by atoms with E-state index in [1.165, 1.54) is 140 Å². The Morgan fingerprint density at radius 3 is 1.57 bits per heavy atom. The fourth-order valence-corrected chi connectivity index (χ4v) is 7.44. The van der Waals surface area contributed by atoms with E-state index in [9.17, 15) is 30.6 Å². The van der Waals surface area contributed by atoms with Gasteiger partial charge in [-0.3, -0.25) is 0 Å². The van der Waals surface area contributed by atoms with E-state index in [1.807, 2.05) is 0 Å². The molecule has 0 spiro atoms. The number of hydrogen-bond donors (Lipinski definition) is 6. The van der Waals surface area contributed by atoms with Crippen LogP contribution in [0.4, 0.5) is 0 Å². The van der Waals surface area contributed by atoms with E-state index in [0.29, 0.717) is 6.42 Å². The zero-order chi connectivity index (χ0) is 38.5. The van der Waals surface area contributed by atoms with Crippen LogP contribution >= 0.6 is 0 Å². The lowest BCUT2D eigenvalue weighted by Crippen LogP contribution is -2.59. The van der Waals surface area contributed by atoms with Crippen molar-refractivity contribution in [1.29, 1.82) is 0 Å². The molecule has 1 fully saturated rings. The Balaban J connectivity index is 1.79. The molecule has 1 aliphatic heterocycles. The fraction of sp³-hybridized carbons (Fsp3) is 0.952. The SMILES string of the molecule is CCCCCCCCCCCCCCCCc1cn([C@@H](CO[C@H]2OC(CO)[C@H](O)[C@H](O)[C@H]2O)[C@H](O)[C@H](O)CCCCCCCCCCCCCC)nn1. The van der Waals surface area contributed by atoms with Crippen LogP contribution in [-0.4, -0.2) is 102 Å². The Hall–Kier alpha value is -1.18. The first kappa shape index (κ1) is 48.0. The standard InChI is InChI=1S/C42H81N3O8/c1-3-5-7-9-11-13-15-17-18-19-21-23-25-27-29-34-31-45(44-43-34)35(33-52-42-41(51)40(50)39(49)37(32-46)53-42)38(48)36(47)30-28-26-24-22-20-16-14-12-10-8-6-4-2/h31,35-42,46-51H,3-30,32-33H2,1-2H3/t35-,36+,37?,38-,39-,40-,41+,42-/m0/s1. The Morgan fingerprint density at radius 2 is 1.09 bits per heavy atom. The van der Waals surface area contributed by atoms with Crippen LogP contribution in [0.5, 0.6) is 0 Å². The van der Waals surface area contributed by atoms with Crippen molar-refractivity contribution >= 4 is 0 Å². The van der Waals surface area contributed by atoms with E-state index in [4.69, 9.17) is 9.47 Å². The van der Waals surface area contributed by atoms with Gasteiger partial charge in [-0.15, -0.1) is 5.10 Å². The molecular weight excluding hydrogens is 674 g/mol. The molecule has 2 rings (SSSR count). The maximum absolute atomic E-state index is 11.4. The minimum absolute atomic E-state index is 0.207. The Morgan fingerprint density at radius 1 is 0.642 bits per heavy atom. The summed E-state index contributed by atoms with van der Waals surface area (Å²) in [5.74, 6) is 0. The molecule has 6 N–H and O–H groups in total. The van der Waals surface area contributed by atoms with Crippen molar-refractivity contribution in [2.45, 2.75) is 243 Å². The molecule has 1 aromatic rings. The zero-order valence-electron chi connectivity index (χ0n) is 33.8. The van der Waals surface area contributed by atoms with Gasteiger partial charge in [0.1, 0.15) is 36.6 Å². The second-order valence-electron chi connectivity index (χ2n) is 15.9. The highest BCUT2D eigenvalue weighted by molar-refractivity contribution is 4.96. The number of hydrogen-bond acceptors (Lipinski definition) is 10. The van der Waals surface area contributed by atoms with Gasteiger partial charge in [0.15, 0.2) is 6.29 Å². The zero-order valence-corrected chi connectivity index (χ0v) is 33.8. The first-order valence-electron chi connectivity index (χ1n) is 22.0. The molecule has 1 aliphatic rings. The molecule has 0 saturated carbocycles. The minimum atomic E-state index is -1.58. The van der Waals surface area contributed by atoms with Crippen LogP contribution < -0.4 is 0 Å². The number of unbranched alkanes of at least 4 members (excludes halogenated alkanes) is 24. The summed E-state index contributed by atoms with van der Waals surface area (Å²) in [6, 6.07) is -0.840. The molecule has 53 heavy (non-hydrogen) atoms. The van der Waals surface area contributed by atoms with Gasteiger partial charge in [0.25, 0.3) is 0 Å². The van der Waals surface area contributed by atoms with Crippen LogP contribution in [0, 0.1) is 0 Å². The lowest BCUT2D eigenvalue weighted by molar-refractivity contribution is -0.304. The van der Waals surface area contributed by atoms with Gasteiger partial charge in [0.05, 0.1) is 25.0 Å². The lowest BCUT2D eigenvalue weighted by Gasteiger charge is -2.40. The van der Waals surface area contributed by atoms with E-state index < -0.39 is 55.6 Å². The average Bonchev–Trinajstić information content (AvgIpc) is 3.63. The molecule has 1 unspecified atom stereocenters. The predicted octanol–water partition coefficient (Wildman–Crippen LogP) is 7.47. The Labute approximate surface area is 322 Å². The average molecular weight is 756 g/mol. The number of aliphatic hydroxyl groups is 6. The van der Waals surface area contributed by atoms with E-state index >= 15 is 0 Å². The highest BCUT2D eigenvalue weighted by Gasteiger charge is 2.44. The third kappa shape index (κ3) is 20.5. The lowest BCUT2D eigenvalue weighted by atomic mass is 9.98. The van der Waals surface area contributed by atoms with Crippen LogP contribution in [0.2, 0.25) is 0 Å². The fourth-order valence-electron chi connectivity index (χ4n) is 7.44. The number of ether oxygens (including phenoxy) is 2. The predicted molar refractivity (Wildman–Crippen MR) is 211 cm³/mol. The molecular formula is C42H81N3O8. The van der Waals surface area contributed by atoms with Crippen molar-refractivity contribution in [2.75, 3.05) is 13.2 Å². The molecule has 0 aliphatic carbocycles. The summed E-state index contributed by atoms with van der Waals surface area (Å²) in [5.41, 5.74) is 0.796. The van der Waals surface area contributed by atoms with Gasteiger partial charge in [-0.25, -0.2) is 4.68 Å². The summed E-state index contributed by atoms with van der Waals surface area (Å²) in [7, 11) is 0. The molecule has 0 aromatic carbocycles. The smallest absolute Gasteiger partial charge is 0.186 e. The van der Waals surface area contributed by atoms with Crippen molar-refractivity contribution in [3.05, 3.63) is 11.9 Å². The highest BCUT2D eigenvalue weighted by Crippen LogP contribution is 2.26. The molecule has 8 atom stereocenters. The number of aliphatic hydroxyl groups excluding tert-OH is 6. The van der Waals surface area contributed by atoms with Crippen molar-refractivity contribution in [3.8, 4) is 0 Å². The molecule has 2 heterocycles. The minimum Gasteiger partial charge on any atom is -0.394 e. The normalized spacial score (nSPS) is 22.3. The second-order valence-corrected chi connectivity index (χ2v) is 15.9. The summed E-state index contributed by atoms with van der Waals surface area (Å²) < 4.78 is 12.9. The summed E-state index contributed by atoms with van der Waals surface area (Å²) in [6.45, 7) is 3.73. The van der Waals surface area contributed by atoms with E-state index in [2.05, 4.69) is 24.2 Å². The van der Waals surface area contributed by atoms with Crippen molar-refractivity contribution in [1.82, 2.24) is 15.0 Å². The van der Waals surface area contributed by atoms with Gasteiger partial charge >= 0.3 is 0 Å². The second kappa shape index (κ2) is 31.0. The number of nitrogens with zero attached hydrogens (tertiary/aromatic N) is 3. The van der Waals surface area contributed by atoms with Crippen LogP contribution in [-0.2, 0) is 15.9 Å². The third-order valence-electron chi connectivity index (χ3n) is 11.1. The van der Waals surface area contributed by atoms with E-state index in [0.717, 1.165) is 44.2 Å². The Bertz CT molecular complexity index is 969. The molecule has 312 valence electrons. The molecule has 0 bridgehead atoms. The number of aromatic nitrogens is 3. The number of aryl methyl sites for hydroxylation is 1. The molecule has 0 radical (unpaired) electrons. The van der Waals surface area contributed by atoms with Crippen molar-refractivity contribution in [3.63, 3.8) is 0 Å². The number of rotatable bonds is 35. The van der Waals surface area contributed by atoms with Gasteiger partial charge < -0.3 is 40.1 Å². The summed E-state index contributed by atoms with van der Waals surface area (Å²) in [5, 5.41) is 71.5. The van der Waals surface area contributed by atoms with E-state index in [-0.39, 0.29) is 6.61 Å². The molecule has 1 aromatic heterocycles. The van der Waals surface area contributed by atoms with Crippen LogP contribution in [0.15, 0.2) is 6.20 Å². The summed E-state index contributed by atoms with van der Waals surface area (Å²) in [6.07, 6.45) is 26.2. The Kier molecular flexibility index (Phi) is 28.0. The summed E-state index contributed by atoms with van der Waals surface area (Å²) in [4.78, 5) is 0. The van der Waals surface area contributed by atoms with Gasteiger partial charge in [-0.1, -0.05) is 180 Å². The van der Waals surface area contributed by atoms with Crippen LogP contribution in [0.3, 0.4) is 0 Å². The van der Waals surface area contributed by atoms with Gasteiger partial charge in [-0.2, -0.15) is 0 Å². The van der Waals surface area contributed by atoms with Gasteiger partial charge in [0.2, 0.25) is 0 Å². The quantitative estimate of drug-likeness (QED) is 0.0382. The molecule has 11 heteroatoms. The first-order valence-corrected chi connectivity index (χ1v) is 22.0. The highest BCUT2D eigenvalue weighted by atomic mass is 16.7. The molecule has 0 amide bonds. The molecule has 11 nitrogen and oxygen atoms in total. The van der Waals surface area contributed by atoms with Gasteiger partial charge in [-0.05, 0) is 19.3 Å². The monoisotopic (exact) mass is 756 g/mol. The first-order chi connectivity index (χ1) is 25.8. The maximum atomic E-state index is 11.4. The molecule has 1 saturated heterocycles. The maximum Gasteiger partial charge on any atom is 0.186 e. The topological polar surface area (TPSA) is 171 Å². The third-order valence-corrected chi connectivity index (χ3v) is 11.1. The summed E-state index contributed by atoms with van der Waals surface area (Å²) >= 11 is 0. The van der Waals surface area contributed by atoms with Crippen LogP contribution in [0.1, 0.15) is 199 Å². The van der Waals surface area contributed by atoms with E-state index in [1.54, 1.807) is 6.20 Å².